The molecule has 0 spiro atoms. The standard InChI is InChI=1S/C7H13N3O4/c1-10(3-2-6(12)13)7(14)9-4-5(8)11/h2-4H2,1H3,(H2,8,11)(H,9,14)(H,12,13). The summed E-state index contributed by atoms with van der Waals surface area (Å²) in [5, 5.41) is 10.6. The molecule has 0 atom stereocenters. The van der Waals surface area contributed by atoms with Crippen LogP contribution in [0.15, 0.2) is 0 Å². The summed E-state index contributed by atoms with van der Waals surface area (Å²) in [6.45, 7) is -0.170. The SMILES string of the molecule is CN(CCC(=O)O)C(=O)NCC(N)=O. The molecule has 14 heavy (non-hydrogen) atoms. The van der Waals surface area contributed by atoms with Crippen LogP contribution in [0, 0.1) is 0 Å². The highest BCUT2D eigenvalue weighted by Crippen LogP contribution is 1.88. The number of amides is 3. The number of carboxylic acid groups (broad SMARTS) is 1. The summed E-state index contributed by atoms with van der Waals surface area (Å²) in [5.74, 6) is -1.63. The Morgan fingerprint density at radius 3 is 2.43 bits per heavy atom. The zero-order chi connectivity index (χ0) is 11.1. The number of carbonyl (C=O) groups is 3. The van der Waals surface area contributed by atoms with Crippen molar-refractivity contribution in [2.75, 3.05) is 20.1 Å². The molecule has 3 amide bonds. The molecular formula is C7H13N3O4. The van der Waals surface area contributed by atoms with Crippen molar-refractivity contribution in [2.24, 2.45) is 5.73 Å². The van der Waals surface area contributed by atoms with Crippen LogP contribution in [0.4, 0.5) is 4.79 Å². The molecule has 0 aromatic heterocycles. The average Bonchev–Trinajstić information content (AvgIpc) is 2.09. The number of nitrogens with one attached hydrogen (secondary N) is 1. The van der Waals surface area contributed by atoms with Crippen LogP contribution in [-0.4, -0.2) is 48.1 Å². The molecule has 0 aromatic carbocycles. The minimum absolute atomic E-state index is 0.0833. The fourth-order valence-corrected chi connectivity index (χ4v) is 0.663. The van der Waals surface area contributed by atoms with Crippen LogP contribution in [0.1, 0.15) is 6.42 Å². The van der Waals surface area contributed by atoms with Gasteiger partial charge in [0.05, 0.1) is 13.0 Å². The normalized spacial score (nSPS) is 9.21. The van der Waals surface area contributed by atoms with Gasteiger partial charge in [-0.1, -0.05) is 0 Å². The third-order valence-corrected chi connectivity index (χ3v) is 1.42. The summed E-state index contributed by atoms with van der Waals surface area (Å²) in [6, 6.07) is -0.523. The van der Waals surface area contributed by atoms with E-state index in [4.69, 9.17) is 10.8 Å². The van der Waals surface area contributed by atoms with Gasteiger partial charge in [-0.2, -0.15) is 0 Å². The Morgan fingerprint density at radius 1 is 1.43 bits per heavy atom. The summed E-state index contributed by atoms with van der Waals surface area (Å²) in [7, 11) is 1.43. The first-order valence-corrected chi connectivity index (χ1v) is 3.92. The van der Waals surface area contributed by atoms with E-state index in [2.05, 4.69) is 5.32 Å². The van der Waals surface area contributed by atoms with Gasteiger partial charge < -0.3 is 21.1 Å². The molecule has 4 N–H and O–H groups in total. The number of nitrogens with zero attached hydrogens (tertiary/aromatic N) is 1. The van der Waals surface area contributed by atoms with Crippen molar-refractivity contribution < 1.29 is 19.5 Å². The molecule has 0 aromatic rings. The van der Waals surface area contributed by atoms with Crippen molar-refractivity contribution in [3.8, 4) is 0 Å². The van der Waals surface area contributed by atoms with Gasteiger partial charge >= 0.3 is 12.0 Å². The van der Waals surface area contributed by atoms with Gasteiger partial charge in [0.25, 0.3) is 0 Å². The molecule has 7 heteroatoms. The average molecular weight is 203 g/mol. The van der Waals surface area contributed by atoms with E-state index in [1.807, 2.05) is 0 Å². The summed E-state index contributed by atoms with van der Waals surface area (Å²) in [4.78, 5) is 32.7. The van der Waals surface area contributed by atoms with Gasteiger partial charge in [0.1, 0.15) is 0 Å². The van der Waals surface area contributed by atoms with Crippen molar-refractivity contribution in [3.05, 3.63) is 0 Å². The van der Waals surface area contributed by atoms with Crippen molar-refractivity contribution in [3.63, 3.8) is 0 Å². The van der Waals surface area contributed by atoms with Crippen LogP contribution in [-0.2, 0) is 9.59 Å². The number of hydrogen-bond donors (Lipinski definition) is 3. The second-order valence-electron chi connectivity index (χ2n) is 2.69. The van der Waals surface area contributed by atoms with Crippen molar-refractivity contribution in [1.29, 1.82) is 0 Å². The summed E-state index contributed by atoms with van der Waals surface area (Å²) in [6.07, 6.45) is -0.138. The lowest BCUT2D eigenvalue weighted by atomic mass is 10.4. The monoisotopic (exact) mass is 203 g/mol. The fourth-order valence-electron chi connectivity index (χ4n) is 0.663. The molecule has 80 valence electrons. The molecule has 0 unspecified atom stereocenters. The number of carbonyl (C=O) groups excluding carboxylic acids is 2. The zero-order valence-corrected chi connectivity index (χ0v) is 7.82. The number of rotatable bonds is 5. The molecule has 0 radical (unpaired) electrons. The Hall–Kier alpha value is -1.79. The maximum absolute atomic E-state index is 11.1. The molecule has 0 fully saturated rings. The molecular weight excluding hydrogens is 190 g/mol. The van der Waals surface area contributed by atoms with E-state index < -0.39 is 17.9 Å². The fraction of sp³-hybridized carbons (Fsp3) is 0.571. The number of urea groups is 1. The molecule has 0 aliphatic rings. The number of aliphatic carboxylic acids is 1. The number of hydrogen-bond acceptors (Lipinski definition) is 3. The Kier molecular flexibility index (Phi) is 5.05. The van der Waals surface area contributed by atoms with Crippen molar-refractivity contribution >= 4 is 17.9 Å². The van der Waals surface area contributed by atoms with Crippen LogP contribution in [0.25, 0.3) is 0 Å². The van der Waals surface area contributed by atoms with Crippen molar-refractivity contribution in [1.82, 2.24) is 10.2 Å². The molecule has 0 bridgehead atoms. The Labute approximate surface area is 80.9 Å². The molecule has 0 aliphatic carbocycles. The minimum atomic E-state index is -0.987. The van der Waals surface area contributed by atoms with E-state index in [1.54, 1.807) is 0 Å². The van der Waals surface area contributed by atoms with Crippen LogP contribution < -0.4 is 11.1 Å². The van der Waals surface area contributed by atoms with E-state index in [0.29, 0.717) is 0 Å². The van der Waals surface area contributed by atoms with Crippen LogP contribution in [0.3, 0.4) is 0 Å². The van der Waals surface area contributed by atoms with Gasteiger partial charge in [0.2, 0.25) is 5.91 Å². The zero-order valence-electron chi connectivity index (χ0n) is 7.82. The van der Waals surface area contributed by atoms with E-state index in [9.17, 15) is 14.4 Å². The highest BCUT2D eigenvalue weighted by Gasteiger charge is 2.09. The van der Waals surface area contributed by atoms with Gasteiger partial charge in [-0.25, -0.2) is 4.79 Å². The van der Waals surface area contributed by atoms with Gasteiger partial charge in [0, 0.05) is 13.6 Å². The predicted octanol–water partition coefficient (Wildman–Crippen LogP) is -1.41. The molecule has 7 nitrogen and oxygen atoms in total. The quantitative estimate of drug-likeness (QED) is 0.509. The van der Waals surface area contributed by atoms with Crippen molar-refractivity contribution in [2.45, 2.75) is 6.42 Å². The summed E-state index contributed by atoms with van der Waals surface area (Å²) in [5.41, 5.74) is 4.80. The van der Waals surface area contributed by atoms with Gasteiger partial charge in [-0.05, 0) is 0 Å². The van der Waals surface area contributed by atoms with E-state index in [1.165, 1.54) is 7.05 Å². The van der Waals surface area contributed by atoms with Crippen LogP contribution in [0.2, 0.25) is 0 Å². The van der Waals surface area contributed by atoms with E-state index >= 15 is 0 Å². The molecule has 0 rings (SSSR count). The smallest absolute Gasteiger partial charge is 0.317 e. The molecule has 0 saturated heterocycles. The Bertz CT molecular complexity index is 241. The largest absolute Gasteiger partial charge is 0.481 e. The lowest BCUT2D eigenvalue weighted by Gasteiger charge is -2.15. The lowest BCUT2D eigenvalue weighted by Crippen LogP contribution is -2.42. The molecule has 0 aliphatic heterocycles. The van der Waals surface area contributed by atoms with Gasteiger partial charge in [0.15, 0.2) is 0 Å². The van der Waals surface area contributed by atoms with E-state index in [0.717, 1.165) is 4.90 Å². The predicted molar refractivity (Wildman–Crippen MR) is 47.5 cm³/mol. The summed E-state index contributed by atoms with van der Waals surface area (Å²) >= 11 is 0. The first-order valence-electron chi connectivity index (χ1n) is 3.92. The topological polar surface area (TPSA) is 113 Å². The molecule has 0 heterocycles. The highest BCUT2D eigenvalue weighted by molar-refractivity contribution is 5.82. The Balaban J connectivity index is 3.76. The van der Waals surface area contributed by atoms with Crippen LogP contribution >= 0.6 is 0 Å². The highest BCUT2D eigenvalue weighted by atomic mass is 16.4. The first-order chi connectivity index (χ1) is 6.43. The maximum Gasteiger partial charge on any atom is 0.317 e. The Morgan fingerprint density at radius 2 is 2.00 bits per heavy atom. The third kappa shape index (κ3) is 5.81. The number of primary amides is 1. The lowest BCUT2D eigenvalue weighted by molar-refractivity contribution is -0.137. The molecule has 0 saturated carbocycles. The maximum atomic E-state index is 11.1. The summed E-state index contributed by atoms with van der Waals surface area (Å²) < 4.78 is 0. The second-order valence-corrected chi connectivity index (χ2v) is 2.69. The van der Waals surface area contributed by atoms with Crippen LogP contribution in [0.5, 0.6) is 0 Å². The minimum Gasteiger partial charge on any atom is -0.481 e. The van der Waals surface area contributed by atoms with E-state index in [-0.39, 0.29) is 19.5 Å². The van der Waals surface area contributed by atoms with Gasteiger partial charge in [-0.15, -0.1) is 0 Å². The van der Waals surface area contributed by atoms with Gasteiger partial charge in [-0.3, -0.25) is 9.59 Å². The number of nitrogens with two attached hydrogens (primary N) is 1. The first kappa shape index (κ1) is 12.2. The second kappa shape index (κ2) is 5.79. The number of carboxylic acids is 1. The third-order valence-electron chi connectivity index (χ3n) is 1.42.